The molecule has 26 heavy (non-hydrogen) atoms. The maximum atomic E-state index is 12.1. The van der Waals surface area contributed by atoms with Crippen LogP contribution in [0.25, 0.3) is 11.3 Å². The summed E-state index contributed by atoms with van der Waals surface area (Å²) in [6.07, 6.45) is 1.57. The van der Waals surface area contributed by atoms with E-state index in [-0.39, 0.29) is 5.91 Å². The van der Waals surface area contributed by atoms with Gasteiger partial charge in [0.2, 0.25) is 0 Å². The first-order valence-corrected chi connectivity index (χ1v) is 8.82. The lowest BCUT2D eigenvalue weighted by molar-refractivity contribution is 0.0950. The average molecular weight is 413 g/mol. The van der Waals surface area contributed by atoms with Gasteiger partial charge in [0.15, 0.2) is 0 Å². The largest absolute Gasteiger partial charge is 0.494 e. The highest BCUT2D eigenvalue weighted by atomic mass is 79.9. The fraction of sp³-hybridized carbons (Fsp3) is 0.105. The van der Waals surface area contributed by atoms with E-state index in [4.69, 9.17) is 4.74 Å². The van der Waals surface area contributed by atoms with E-state index < -0.39 is 0 Å². The van der Waals surface area contributed by atoms with Gasteiger partial charge in [-0.25, -0.2) is 5.43 Å². The van der Waals surface area contributed by atoms with Gasteiger partial charge in [0.25, 0.3) is 5.91 Å². The number of H-pyrrole nitrogens is 1. The van der Waals surface area contributed by atoms with Gasteiger partial charge in [0.05, 0.1) is 18.5 Å². The van der Waals surface area contributed by atoms with Gasteiger partial charge in [-0.1, -0.05) is 28.1 Å². The van der Waals surface area contributed by atoms with Gasteiger partial charge in [-0.3, -0.25) is 9.89 Å². The van der Waals surface area contributed by atoms with Crippen LogP contribution in [0.5, 0.6) is 5.75 Å². The molecular formula is C19H17BrN4O2. The fourth-order valence-electron chi connectivity index (χ4n) is 2.25. The third kappa shape index (κ3) is 4.58. The van der Waals surface area contributed by atoms with Gasteiger partial charge >= 0.3 is 0 Å². The summed E-state index contributed by atoms with van der Waals surface area (Å²) in [6, 6.07) is 16.8. The van der Waals surface area contributed by atoms with Gasteiger partial charge in [-0.2, -0.15) is 10.2 Å². The number of hydrogen-bond donors (Lipinski definition) is 2. The lowest BCUT2D eigenvalue weighted by atomic mass is 10.1. The summed E-state index contributed by atoms with van der Waals surface area (Å²) in [7, 11) is 0. The van der Waals surface area contributed by atoms with Crippen LogP contribution < -0.4 is 10.2 Å². The highest BCUT2D eigenvalue weighted by molar-refractivity contribution is 9.10. The number of amides is 1. The maximum absolute atomic E-state index is 12.1. The summed E-state index contributed by atoms with van der Waals surface area (Å²) in [5.74, 6) is 0.440. The Morgan fingerprint density at radius 3 is 2.65 bits per heavy atom. The number of halogens is 1. The summed E-state index contributed by atoms with van der Waals surface area (Å²) in [5.41, 5.74) is 5.29. The number of carbonyl (C=O) groups excluding carboxylic acids is 1. The summed E-state index contributed by atoms with van der Waals surface area (Å²) in [6.45, 7) is 2.55. The van der Waals surface area contributed by atoms with Crippen molar-refractivity contribution in [1.82, 2.24) is 15.6 Å². The van der Waals surface area contributed by atoms with Crippen LogP contribution >= 0.6 is 15.9 Å². The minimum atomic E-state index is -0.358. The van der Waals surface area contributed by atoms with Crippen molar-refractivity contribution in [2.45, 2.75) is 6.92 Å². The number of aromatic nitrogens is 2. The fourth-order valence-corrected chi connectivity index (χ4v) is 2.51. The minimum Gasteiger partial charge on any atom is -0.494 e. The van der Waals surface area contributed by atoms with Crippen LogP contribution in [0, 0.1) is 0 Å². The molecular weight excluding hydrogens is 396 g/mol. The van der Waals surface area contributed by atoms with Crippen molar-refractivity contribution in [3.63, 3.8) is 0 Å². The smallest absolute Gasteiger partial charge is 0.289 e. The molecule has 0 saturated carbocycles. The Bertz CT molecular complexity index is 902. The molecule has 1 aromatic heterocycles. The zero-order valence-electron chi connectivity index (χ0n) is 14.1. The van der Waals surface area contributed by atoms with Crippen LogP contribution in [0.3, 0.4) is 0 Å². The number of aromatic amines is 1. The third-order valence-electron chi connectivity index (χ3n) is 3.53. The average Bonchev–Trinajstić information content (AvgIpc) is 3.14. The number of nitrogens with zero attached hydrogens (tertiary/aromatic N) is 2. The van der Waals surface area contributed by atoms with Crippen molar-refractivity contribution in [2.24, 2.45) is 5.10 Å². The molecule has 0 spiro atoms. The number of ether oxygens (including phenoxy) is 1. The van der Waals surface area contributed by atoms with Crippen LogP contribution in [-0.4, -0.2) is 28.9 Å². The maximum Gasteiger partial charge on any atom is 0.289 e. The molecule has 0 radical (unpaired) electrons. The van der Waals surface area contributed by atoms with Crippen molar-refractivity contribution >= 4 is 28.1 Å². The van der Waals surface area contributed by atoms with Crippen LogP contribution in [-0.2, 0) is 0 Å². The molecule has 2 aromatic carbocycles. The van der Waals surface area contributed by atoms with E-state index in [0.29, 0.717) is 18.0 Å². The van der Waals surface area contributed by atoms with Crippen LogP contribution in [0.2, 0.25) is 0 Å². The van der Waals surface area contributed by atoms with Crippen LogP contribution in [0.4, 0.5) is 0 Å². The quantitative estimate of drug-likeness (QED) is 0.474. The lowest BCUT2D eigenvalue weighted by Crippen LogP contribution is -2.17. The Hall–Kier alpha value is -2.93. The Morgan fingerprint density at radius 2 is 1.96 bits per heavy atom. The number of benzene rings is 2. The van der Waals surface area contributed by atoms with Crippen molar-refractivity contribution in [1.29, 1.82) is 0 Å². The van der Waals surface area contributed by atoms with E-state index in [0.717, 1.165) is 21.3 Å². The molecule has 132 valence electrons. The predicted octanol–water partition coefficient (Wildman–Crippen LogP) is 4.00. The number of carbonyl (C=O) groups is 1. The van der Waals surface area contributed by atoms with E-state index in [9.17, 15) is 4.79 Å². The van der Waals surface area contributed by atoms with E-state index >= 15 is 0 Å². The number of nitrogens with one attached hydrogen (secondary N) is 2. The Balaban J connectivity index is 1.60. The normalized spacial score (nSPS) is 10.8. The Labute approximate surface area is 159 Å². The van der Waals surface area contributed by atoms with Crippen molar-refractivity contribution in [3.05, 3.63) is 70.3 Å². The van der Waals surface area contributed by atoms with Crippen molar-refractivity contribution < 1.29 is 9.53 Å². The number of hydrogen-bond acceptors (Lipinski definition) is 4. The first kappa shape index (κ1) is 17.9. The third-order valence-corrected chi connectivity index (χ3v) is 4.06. The van der Waals surface area contributed by atoms with Gasteiger partial charge in [0.1, 0.15) is 11.4 Å². The molecule has 0 fully saturated rings. The topological polar surface area (TPSA) is 79.4 Å². The molecule has 7 heteroatoms. The van der Waals surface area contributed by atoms with Crippen LogP contribution in [0.15, 0.2) is 64.2 Å². The number of rotatable bonds is 6. The zero-order valence-corrected chi connectivity index (χ0v) is 15.7. The molecule has 0 bridgehead atoms. The molecule has 1 heterocycles. The molecule has 0 aliphatic rings. The first-order valence-electron chi connectivity index (χ1n) is 8.03. The van der Waals surface area contributed by atoms with Crippen molar-refractivity contribution in [2.75, 3.05) is 6.61 Å². The molecule has 0 aliphatic carbocycles. The van der Waals surface area contributed by atoms with Gasteiger partial charge in [-0.05, 0) is 55.0 Å². The molecule has 6 nitrogen and oxygen atoms in total. The second-order valence-corrected chi connectivity index (χ2v) is 6.29. The van der Waals surface area contributed by atoms with Crippen LogP contribution in [0.1, 0.15) is 23.0 Å². The van der Waals surface area contributed by atoms with E-state index in [1.54, 1.807) is 12.3 Å². The second-order valence-electron chi connectivity index (χ2n) is 5.37. The highest BCUT2D eigenvalue weighted by Gasteiger charge is 2.10. The first-order chi connectivity index (χ1) is 12.7. The molecule has 1 amide bonds. The predicted molar refractivity (Wildman–Crippen MR) is 104 cm³/mol. The summed E-state index contributed by atoms with van der Waals surface area (Å²) in [5, 5.41) is 10.9. The Morgan fingerprint density at radius 1 is 1.23 bits per heavy atom. The Kier molecular flexibility index (Phi) is 5.80. The zero-order chi connectivity index (χ0) is 18.4. The minimum absolute atomic E-state index is 0.340. The summed E-state index contributed by atoms with van der Waals surface area (Å²) in [4.78, 5) is 12.1. The summed E-state index contributed by atoms with van der Waals surface area (Å²) >= 11 is 3.39. The summed E-state index contributed by atoms with van der Waals surface area (Å²) < 4.78 is 6.36. The van der Waals surface area contributed by atoms with E-state index in [1.807, 2.05) is 55.5 Å². The monoisotopic (exact) mass is 412 g/mol. The molecule has 0 aliphatic heterocycles. The highest BCUT2D eigenvalue weighted by Crippen LogP contribution is 2.20. The SMILES string of the molecule is CCOc1ccc(/C=N/NC(=O)c2cc(-c3ccc(Br)cc3)n[nH]2)cc1. The number of hydrazone groups is 1. The molecule has 0 saturated heterocycles. The van der Waals surface area contributed by atoms with E-state index in [2.05, 4.69) is 36.7 Å². The molecule has 0 atom stereocenters. The molecule has 3 rings (SSSR count). The molecule has 0 unspecified atom stereocenters. The van der Waals surface area contributed by atoms with Crippen molar-refractivity contribution in [3.8, 4) is 17.0 Å². The molecule has 2 N–H and O–H groups in total. The van der Waals surface area contributed by atoms with E-state index in [1.165, 1.54) is 0 Å². The lowest BCUT2D eigenvalue weighted by Gasteiger charge is -2.02. The molecule has 3 aromatic rings. The van der Waals surface area contributed by atoms with Gasteiger partial charge in [0, 0.05) is 10.0 Å². The standard InChI is InChI=1S/C19H17BrN4O2/c1-2-26-16-9-3-13(4-10-16)12-21-24-19(25)18-11-17(22-23-18)14-5-7-15(20)8-6-14/h3-12H,2H2,1H3,(H,22,23)(H,24,25)/b21-12+. The second kappa shape index (κ2) is 8.44. The van der Waals surface area contributed by atoms with Gasteiger partial charge < -0.3 is 4.74 Å². The van der Waals surface area contributed by atoms with Gasteiger partial charge in [-0.15, -0.1) is 0 Å².